The zero-order chi connectivity index (χ0) is 13.1. The Morgan fingerprint density at radius 2 is 2.44 bits per heavy atom. The third kappa shape index (κ3) is 2.59. The van der Waals surface area contributed by atoms with Crippen LogP contribution in [0.15, 0.2) is 32.0 Å². The van der Waals surface area contributed by atoms with E-state index in [0.29, 0.717) is 26.8 Å². The number of aromatic nitrogens is 1. The minimum absolute atomic E-state index is 0.324. The topological polar surface area (TPSA) is 87.7 Å². The Labute approximate surface area is 114 Å². The van der Waals surface area contributed by atoms with Gasteiger partial charge < -0.3 is 9.62 Å². The van der Waals surface area contributed by atoms with E-state index in [0.717, 1.165) is 0 Å². The molecule has 0 spiro atoms. The Bertz CT molecular complexity index is 605. The number of hydrogen-bond donors (Lipinski definition) is 2. The fraction of sp³-hybridized carbons (Fsp3) is 0.100. The fourth-order valence-electron chi connectivity index (χ4n) is 1.17. The Morgan fingerprint density at radius 1 is 1.67 bits per heavy atom. The van der Waals surface area contributed by atoms with Gasteiger partial charge in [-0.15, -0.1) is 11.3 Å². The summed E-state index contributed by atoms with van der Waals surface area (Å²) >= 11 is 4.37. The maximum Gasteiger partial charge on any atom is 0.261 e. The van der Waals surface area contributed by atoms with E-state index in [4.69, 9.17) is 9.62 Å². The lowest BCUT2D eigenvalue weighted by Gasteiger charge is -1.98. The molecule has 0 saturated carbocycles. The Kier molecular flexibility index (Phi) is 3.78. The summed E-state index contributed by atoms with van der Waals surface area (Å²) in [7, 11) is 0. The van der Waals surface area contributed by atoms with Crippen molar-refractivity contribution in [3.8, 4) is 0 Å². The summed E-state index contributed by atoms with van der Waals surface area (Å²) in [6.45, 7) is 1.62. The third-order valence-corrected chi connectivity index (χ3v) is 3.48. The molecule has 0 aromatic carbocycles. The molecule has 0 aliphatic heterocycles. The monoisotopic (exact) mass is 329 g/mol. The first-order valence-electron chi connectivity index (χ1n) is 4.80. The van der Waals surface area contributed by atoms with Crippen molar-refractivity contribution in [2.75, 3.05) is 5.32 Å². The average Bonchev–Trinajstić information content (AvgIpc) is 2.97. The summed E-state index contributed by atoms with van der Waals surface area (Å²) in [5, 5.41) is 16.4. The zero-order valence-corrected chi connectivity index (χ0v) is 11.6. The molecule has 2 rings (SSSR count). The molecule has 0 unspecified atom stereocenters. The maximum atomic E-state index is 11.8. The number of hydrogen-bond acceptors (Lipinski definition) is 6. The number of furan rings is 1. The lowest BCUT2D eigenvalue weighted by molar-refractivity contribution is 0.102. The number of amides is 1. The first-order chi connectivity index (χ1) is 8.61. The molecule has 2 heterocycles. The molecule has 2 aromatic heterocycles. The smallest absolute Gasteiger partial charge is 0.261 e. The maximum absolute atomic E-state index is 11.8. The molecule has 2 aromatic rings. The first kappa shape index (κ1) is 12.8. The Morgan fingerprint density at radius 3 is 3.06 bits per heavy atom. The predicted octanol–water partition coefficient (Wildman–Crippen LogP) is 2.95. The molecule has 94 valence electrons. The van der Waals surface area contributed by atoms with E-state index in [2.05, 4.69) is 31.4 Å². The Balaban J connectivity index is 2.13. The van der Waals surface area contributed by atoms with Gasteiger partial charge in [0.15, 0.2) is 9.80 Å². The van der Waals surface area contributed by atoms with Crippen LogP contribution in [-0.4, -0.2) is 21.8 Å². The molecular weight excluding hydrogens is 322 g/mol. The van der Waals surface area contributed by atoms with E-state index in [1.54, 1.807) is 18.4 Å². The van der Waals surface area contributed by atoms with Crippen molar-refractivity contribution in [1.29, 1.82) is 0 Å². The molecule has 6 nitrogen and oxygen atoms in total. The van der Waals surface area contributed by atoms with E-state index in [9.17, 15) is 4.79 Å². The summed E-state index contributed by atoms with van der Waals surface area (Å²) in [4.78, 5) is 15.9. The van der Waals surface area contributed by atoms with Gasteiger partial charge >= 0.3 is 0 Å². The molecule has 0 saturated heterocycles. The van der Waals surface area contributed by atoms with E-state index in [1.165, 1.54) is 17.6 Å². The summed E-state index contributed by atoms with van der Waals surface area (Å²) in [6.07, 6.45) is 1.41. The number of carbonyl (C=O) groups excluding carboxylic acids is 1. The van der Waals surface area contributed by atoms with Gasteiger partial charge in [-0.3, -0.25) is 10.1 Å². The predicted molar refractivity (Wildman–Crippen MR) is 70.5 cm³/mol. The minimum Gasteiger partial charge on any atom is -0.457 e. The standard InChI is InChI=1S/C10H8BrN3O3S/c1-5(14-16)7-4-18-10(12-7)13-9(15)6-2-3-17-8(6)11/h2-4,16H,1H3,(H,12,13,15)/b14-5-. The molecule has 0 atom stereocenters. The van der Waals surface area contributed by atoms with Crippen molar-refractivity contribution >= 4 is 44.0 Å². The average molecular weight is 330 g/mol. The SMILES string of the molecule is C/C(=N/O)c1csc(NC(=O)c2ccoc2Br)n1. The summed E-state index contributed by atoms with van der Waals surface area (Å²) in [5.74, 6) is -0.324. The fourth-order valence-corrected chi connectivity index (χ4v) is 2.34. The van der Waals surface area contributed by atoms with Crippen LogP contribution in [0.5, 0.6) is 0 Å². The summed E-state index contributed by atoms with van der Waals surface area (Å²) < 4.78 is 5.34. The highest BCUT2D eigenvalue weighted by atomic mass is 79.9. The second kappa shape index (κ2) is 5.32. The van der Waals surface area contributed by atoms with Gasteiger partial charge in [-0.25, -0.2) is 4.98 Å². The lowest BCUT2D eigenvalue weighted by Crippen LogP contribution is -2.11. The van der Waals surface area contributed by atoms with Gasteiger partial charge in [-0.1, -0.05) is 5.16 Å². The number of nitrogens with one attached hydrogen (secondary N) is 1. The molecule has 18 heavy (non-hydrogen) atoms. The quantitative estimate of drug-likeness (QED) is 0.514. The number of anilines is 1. The third-order valence-electron chi connectivity index (χ3n) is 2.11. The number of nitrogens with zero attached hydrogens (tertiary/aromatic N) is 2. The van der Waals surface area contributed by atoms with Gasteiger partial charge in [0, 0.05) is 5.38 Å². The highest BCUT2D eigenvalue weighted by molar-refractivity contribution is 9.10. The largest absolute Gasteiger partial charge is 0.457 e. The molecule has 0 radical (unpaired) electrons. The van der Waals surface area contributed by atoms with Crippen molar-refractivity contribution in [3.05, 3.63) is 33.6 Å². The van der Waals surface area contributed by atoms with Crippen LogP contribution < -0.4 is 5.32 Å². The highest BCUT2D eigenvalue weighted by Crippen LogP contribution is 2.21. The van der Waals surface area contributed by atoms with Gasteiger partial charge in [0.05, 0.1) is 11.8 Å². The number of halogens is 1. The highest BCUT2D eigenvalue weighted by Gasteiger charge is 2.14. The molecule has 0 aliphatic rings. The number of oxime groups is 1. The van der Waals surface area contributed by atoms with Gasteiger partial charge in [0.25, 0.3) is 5.91 Å². The second-order valence-corrected chi connectivity index (χ2v) is 4.86. The molecular formula is C10H8BrN3O3S. The van der Waals surface area contributed by atoms with Crippen molar-refractivity contribution < 1.29 is 14.4 Å². The van der Waals surface area contributed by atoms with Gasteiger partial charge in [0.2, 0.25) is 0 Å². The second-order valence-electron chi connectivity index (χ2n) is 3.29. The number of carbonyl (C=O) groups is 1. The summed E-state index contributed by atoms with van der Waals surface area (Å²) in [5.41, 5.74) is 1.29. The molecule has 1 amide bonds. The van der Waals surface area contributed by atoms with Crippen molar-refractivity contribution in [2.24, 2.45) is 5.16 Å². The van der Waals surface area contributed by atoms with Crippen LogP contribution in [0, 0.1) is 0 Å². The minimum atomic E-state index is -0.324. The molecule has 0 fully saturated rings. The molecule has 2 N–H and O–H groups in total. The van der Waals surface area contributed by atoms with Crippen LogP contribution in [0.2, 0.25) is 0 Å². The van der Waals surface area contributed by atoms with E-state index in [-0.39, 0.29) is 5.91 Å². The Hall–Kier alpha value is -1.67. The van der Waals surface area contributed by atoms with Gasteiger partial charge in [-0.2, -0.15) is 0 Å². The lowest BCUT2D eigenvalue weighted by atomic mass is 10.3. The first-order valence-corrected chi connectivity index (χ1v) is 6.48. The summed E-state index contributed by atoms with van der Waals surface area (Å²) in [6, 6.07) is 1.55. The van der Waals surface area contributed by atoms with E-state index < -0.39 is 0 Å². The van der Waals surface area contributed by atoms with Crippen LogP contribution in [0.4, 0.5) is 5.13 Å². The van der Waals surface area contributed by atoms with Crippen LogP contribution >= 0.6 is 27.3 Å². The molecule has 0 bridgehead atoms. The van der Waals surface area contributed by atoms with Crippen LogP contribution in [-0.2, 0) is 0 Å². The van der Waals surface area contributed by atoms with Crippen LogP contribution in [0.1, 0.15) is 23.0 Å². The number of thiazole rings is 1. The van der Waals surface area contributed by atoms with E-state index >= 15 is 0 Å². The van der Waals surface area contributed by atoms with Crippen molar-refractivity contribution in [3.63, 3.8) is 0 Å². The van der Waals surface area contributed by atoms with Crippen LogP contribution in [0.3, 0.4) is 0 Å². The number of rotatable bonds is 3. The van der Waals surface area contributed by atoms with Gasteiger partial charge in [0.1, 0.15) is 11.4 Å². The van der Waals surface area contributed by atoms with Crippen molar-refractivity contribution in [2.45, 2.75) is 6.92 Å². The van der Waals surface area contributed by atoms with Gasteiger partial charge in [-0.05, 0) is 28.9 Å². The van der Waals surface area contributed by atoms with Crippen LogP contribution in [0.25, 0.3) is 0 Å². The zero-order valence-electron chi connectivity index (χ0n) is 9.18. The van der Waals surface area contributed by atoms with E-state index in [1.807, 2.05) is 0 Å². The normalized spacial score (nSPS) is 11.6. The van der Waals surface area contributed by atoms with Crippen molar-refractivity contribution in [1.82, 2.24) is 4.98 Å². The molecule has 8 heteroatoms. The molecule has 0 aliphatic carbocycles.